The molecule has 16 heavy (non-hydrogen) atoms. The van der Waals surface area contributed by atoms with Crippen LogP contribution in [0, 0.1) is 6.92 Å². The molecule has 0 amide bonds. The Morgan fingerprint density at radius 2 is 2.19 bits per heavy atom. The smallest absolute Gasteiger partial charge is 0.235 e. The molecule has 1 N–H and O–H groups in total. The zero-order valence-electron chi connectivity index (χ0n) is 9.38. The zero-order valence-corrected chi connectivity index (χ0v) is 9.38. The zero-order chi connectivity index (χ0) is 11.5. The Bertz CT molecular complexity index is 492. The van der Waals surface area contributed by atoms with Gasteiger partial charge in [-0.15, -0.1) is 0 Å². The molecule has 0 unspecified atom stereocenters. The fourth-order valence-corrected chi connectivity index (χ4v) is 1.53. The Morgan fingerprint density at radius 3 is 2.81 bits per heavy atom. The van der Waals surface area contributed by atoms with Crippen LogP contribution < -0.4 is 0 Å². The summed E-state index contributed by atoms with van der Waals surface area (Å²) in [5.41, 5.74) is 1.55. The molecule has 0 aliphatic heterocycles. The number of aliphatic hydroxyl groups excluding tert-OH is 1. The molecule has 0 radical (unpaired) electrons. The number of hydrogen-bond acceptors (Lipinski definition) is 4. The van der Waals surface area contributed by atoms with Crippen molar-refractivity contribution in [3.8, 4) is 5.95 Å². The van der Waals surface area contributed by atoms with E-state index in [2.05, 4.69) is 15.0 Å². The first-order chi connectivity index (χ1) is 7.76. The van der Waals surface area contributed by atoms with Crippen molar-refractivity contribution in [3.05, 3.63) is 35.7 Å². The van der Waals surface area contributed by atoms with Crippen LogP contribution in [0.15, 0.2) is 18.6 Å². The van der Waals surface area contributed by atoms with Gasteiger partial charge in [-0.1, -0.05) is 6.92 Å². The maximum Gasteiger partial charge on any atom is 0.235 e. The molecule has 2 aromatic rings. The summed E-state index contributed by atoms with van der Waals surface area (Å²) in [6.07, 6.45) is 6.05. The van der Waals surface area contributed by atoms with Crippen LogP contribution in [0.3, 0.4) is 0 Å². The Morgan fingerprint density at radius 1 is 1.38 bits per heavy atom. The van der Waals surface area contributed by atoms with Crippen molar-refractivity contribution < 1.29 is 5.11 Å². The molecule has 0 aromatic carbocycles. The molecule has 0 spiro atoms. The highest BCUT2D eigenvalue weighted by molar-refractivity contribution is 5.22. The molecular formula is C11H14N4O. The van der Waals surface area contributed by atoms with Gasteiger partial charge in [-0.25, -0.2) is 15.0 Å². The van der Waals surface area contributed by atoms with Crippen molar-refractivity contribution in [2.45, 2.75) is 26.9 Å². The molecule has 5 heteroatoms. The Labute approximate surface area is 93.8 Å². The molecule has 2 rings (SSSR count). The van der Waals surface area contributed by atoms with Crippen molar-refractivity contribution in [3.63, 3.8) is 0 Å². The van der Waals surface area contributed by atoms with Gasteiger partial charge in [-0.2, -0.15) is 0 Å². The lowest BCUT2D eigenvalue weighted by molar-refractivity contribution is 0.280. The lowest BCUT2D eigenvalue weighted by Gasteiger charge is -2.07. The molecule has 0 aliphatic carbocycles. The third-order valence-corrected chi connectivity index (χ3v) is 2.49. The topological polar surface area (TPSA) is 63.8 Å². The number of aliphatic hydroxyl groups is 1. The van der Waals surface area contributed by atoms with E-state index in [1.165, 1.54) is 0 Å². The highest BCUT2D eigenvalue weighted by Crippen LogP contribution is 2.09. The van der Waals surface area contributed by atoms with Crippen molar-refractivity contribution in [2.75, 3.05) is 0 Å². The van der Waals surface area contributed by atoms with Crippen molar-refractivity contribution in [1.82, 2.24) is 19.5 Å². The molecule has 0 atom stereocenters. The minimum atomic E-state index is -0.0311. The number of imidazole rings is 1. The molecule has 2 aromatic heterocycles. The fourth-order valence-electron chi connectivity index (χ4n) is 1.53. The van der Waals surface area contributed by atoms with Crippen molar-refractivity contribution >= 4 is 0 Å². The highest BCUT2D eigenvalue weighted by Gasteiger charge is 2.07. The summed E-state index contributed by atoms with van der Waals surface area (Å²) in [6.45, 7) is 3.86. The number of aryl methyl sites for hydroxylation is 2. The van der Waals surface area contributed by atoms with Gasteiger partial charge in [0.1, 0.15) is 5.82 Å². The lowest BCUT2D eigenvalue weighted by Crippen LogP contribution is -2.06. The van der Waals surface area contributed by atoms with E-state index in [0.29, 0.717) is 5.95 Å². The summed E-state index contributed by atoms with van der Waals surface area (Å²) in [5.74, 6) is 1.53. The highest BCUT2D eigenvalue weighted by atomic mass is 16.3. The predicted molar refractivity (Wildman–Crippen MR) is 59.2 cm³/mol. The first-order valence-corrected chi connectivity index (χ1v) is 5.22. The van der Waals surface area contributed by atoms with Crippen LogP contribution in [-0.2, 0) is 13.0 Å². The first-order valence-electron chi connectivity index (χ1n) is 5.22. The normalized spacial score (nSPS) is 10.7. The van der Waals surface area contributed by atoms with Crippen LogP contribution in [0.2, 0.25) is 0 Å². The lowest BCUT2D eigenvalue weighted by atomic mass is 10.2. The minimum absolute atomic E-state index is 0.0311. The first kappa shape index (κ1) is 10.8. The Hall–Kier alpha value is -1.75. The molecule has 84 valence electrons. The van der Waals surface area contributed by atoms with Gasteiger partial charge in [0.15, 0.2) is 0 Å². The molecular weight excluding hydrogens is 204 g/mol. The fraction of sp³-hybridized carbons (Fsp3) is 0.364. The summed E-state index contributed by atoms with van der Waals surface area (Å²) in [4.78, 5) is 12.8. The SMILES string of the molecule is CCc1nccn1-c1ncc(CO)c(C)n1. The monoisotopic (exact) mass is 218 g/mol. The van der Waals surface area contributed by atoms with Crippen LogP contribution in [0.5, 0.6) is 0 Å². The molecule has 0 aliphatic rings. The van der Waals surface area contributed by atoms with Gasteiger partial charge < -0.3 is 5.11 Å². The Balaban J connectivity index is 2.45. The minimum Gasteiger partial charge on any atom is -0.392 e. The third kappa shape index (κ3) is 1.81. The summed E-state index contributed by atoms with van der Waals surface area (Å²) in [6, 6.07) is 0. The molecule has 0 saturated carbocycles. The van der Waals surface area contributed by atoms with Gasteiger partial charge >= 0.3 is 0 Å². The Kier molecular flexibility index (Phi) is 2.96. The van der Waals surface area contributed by atoms with Crippen LogP contribution in [0.4, 0.5) is 0 Å². The van der Waals surface area contributed by atoms with E-state index >= 15 is 0 Å². The van der Waals surface area contributed by atoms with E-state index in [9.17, 15) is 0 Å². The summed E-state index contributed by atoms with van der Waals surface area (Å²) >= 11 is 0. The standard InChI is InChI=1S/C11H14N4O/c1-3-10-12-4-5-15(10)11-13-6-9(7-16)8(2)14-11/h4-6,16H,3,7H2,1-2H3. The maximum atomic E-state index is 9.04. The van der Waals surface area contributed by atoms with E-state index < -0.39 is 0 Å². The molecule has 0 bridgehead atoms. The number of rotatable bonds is 3. The quantitative estimate of drug-likeness (QED) is 0.835. The van der Waals surface area contributed by atoms with Crippen LogP contribution in [-0.4, -0.2) is 24.6 Å². The van der Waals surface area contributed by atoms with E-state index in [0.717, 1.165) is 23.5 Å². The van der Waals surface area contributed by atoms with Gasteiger partial charge in [-0.05, 0) is 6.92 Å². The van der Waals surface area contributed by atoms with Crippen LogP contribution >= 0.6 is 0 Å². The second-order valence-electron chi connectivity index (χ2n) is 3.51. The van der Waals surface area contributed by atoms with E-state index in [-0.39, 0.29) is 6.61 Å². The third-order valence-electron chi connectivity index (χ3n) is 2.49. The van der Waals surface area contributed by atoms with Gasteiger partial charge in [0.05, 0.1) is 6.61 Å². The van der Waals surface area contributed by atoms with Gasteiger partial charge in [0.25, 0.3) is 0 Å². The molecule has 5 nitrogen and oxygen atoms in total. The second kappa shape index (κ2) is 4.40. The van der Waals surface area contributed by atoms with Crippen LogP contribution in [0.25, 0.3) is 5.95 Å². The summed E-state index contributed by atoms with van der Waals surface area (Å²) < 4.78 is 1.86. The van der Waals surface area contributed by atoms with Crippen LogP contribution in [0.1, 0.15) is 24.0 Å². The van der Waals surface area contributed by atoms with Gasteiger partial charge in [0, 0.05) is 36.3 Å². The number of nitrogens with zero attached hydrogens (tertiary/aromatic N) is 4. The molecule has 0 fully saturated rings. The van der Waals surface area contributed by atoms with E-state index in [4.69, 9.17) is 5.11 Å². The van der Waals surface area contributed by atoms with E-state index in [1.54, 1.807) is 12.4 Å². The molecule has 0 saturated heterocycles. The summed E-state index contributed by atoms with van der Waals surface area (Å²) in [5, 5.41) is 9.04. The largest absolute Gasteiger partial charge is 0.392 e. The van der Waals surface area contributed by atoms with Gasteiger partial charge in [-0.3, -0.25) is 4.57 Å². The second-order valence-corrected chi connectivity index (χ2v) is 3.51. The average Bonchev–Trinajstić information content (AvgIpc) is 2.77. The maximum absolute atomic E-state index is 9.04. The summed E-state index contributed by atoms with van der Waals surface area (Å²) in [7, 11) is 0. The van der Waals surface area contributed by atoms with Crippen molar-refractivity contribution in [1.29, 1.82) is 0 Å². The van der Waals surface area contributed by atoms with Gasteiger partial charge in [0.2, 0.25) is 5.95 Å². The molecule has 2 heterocycles. The number of hydrogen-bond donors (Lipinski definition) is 1. The average molecular weight is 218 g/mol. The van der Waals surface area contributed by atoms with E-state index in [1.807, 2.05) is 24.6 Å². The number of aromatic nitrogens is 4. The van der Waals surface area contributed by atoms with Crippen molar-refractivity contribution in [2.24, 2.45) is 0 Å². The predicted octanol–water partition coefficient (Wildman–Crippen LogP) is 1.03.